The minimum absolute atomic E-state index is 0.00141. The molecule has 1 fully saturated rings. The van der Waals surface area contributed by atoms with Crippen molar-refractivity contribution < 1.29 is 24.2 Å². The van der Waals surface area contributed by atoms with E-state index in [2.05, 4.69) is 15.6 Å². The Kier molecular flexibility index (Phi) is 8.04. The Hall–Kier alpha value is -4.73. The molecule has 2 amide bonds. The number of ether oxygens (including phenoxy) is 1. The summed E-state index contributed by atoms with van der Waals surface area (Å²) in [5.74, 6) is -1.31. The van der Waals surface area contributed by atoms with Crippen molar-refractivity contribution >= 4 is 34.5 Å². The van der Waals surface area contributed by atoms with Crippen molar-refractivity contribution in [3.63, 3.8) is 0 Å². The van der Waals surface area contributed by atoms with E-state index in [0.29, 0.717) is 22.3 Å². The Balaban J connectivity index is 1.59. The number of hydrogen-bond acceptors (Lipinski definition) is 7. The number of hydrogen-bond donors (Lipinski definition) is 2. The number of phenolic OH excluding ortho intramolecular Hbond substituents is 1. The molecule has 1 heterocycles. The van der Waals surface area contributed by atoms with Gasteiger partial charge in [-0.2, -0.15) is 0 Å². The number of benzene rings is 3. The Morgan fingerprint density at radius 2 is 1.77 bits per heavy atom. The van der Waals surface area contributed by atoms with Gasteiger partial charge in [0.15, 0.2) is 0 Å². The highest BCUT2D eigenvalue weighted by atomic mass is 16.5. The number of rotatable bonds is 8. The van der Waals surface area contributed by atoms with E-state index in [-0.39, 0.29) is 29.8 Å². The zero-order valence-corrected chi connectivity index (χ0v) is 22.2. The quantitative estimate of drug-likeness (QED) is 0.321. The molecule has 0 bridgehead atoms. The summed E-state index contributed by atoms with van der Waals surface area (Å²) in [6, 6.07) is 18.8. The van der Waals surface area contributed by atoms with Gasteiger partial charge in [0, 0.05) is 11.7 Å². The summed E-state index contributed by atoms with van der Waals surface area (Å²) < 4.78 is 6.39. The number of fused-ring (bicyclic) bond motifs is 1. The molecule has 3 aromatic carbocycles. The smallest absolute Gasteiger partial charge is 0.337 e. The molecule has 2 N–H and O–H groups in total. The lowest BCUT2D eigenvalue weighted by atomic mass is 9.94. The van der Waals surface area contributed by atoms with Crippen molar-refractivity contribution in [3.8, 4) is 5.75 Å². The Morgan fingerprint density at radius 1 is 1.02 bits per heavy atom. The highest BCUT2D eigenvalue weighted by molar-refractivity contribution is 6.02. The minimum Gasteiger partial charge on any atom is -0.508 e. The molecule has 1 aliphatic carbocycles. The van der Waals surface area contributed by atoms with Crippen LogP contribution in [0.4, 0.5) is 5.69 Å². The van der Waals surface area contributed by atoms with Crippen LogP contribution in [-0.4, -0.2) is 51.0 Å². The summed E-state index contributed by atoms with van der Waals surface area (Å²) >= 11 is 0. The monoisotopic (exact) mass is 541 g/mol. The van der Waals surface area contributed by atoms with Crippen molar-refractivity contribution in [2.24, 2.45) is 0 Å². The van der Waals surface area contributed by atoms with E-state index >= 15 is 0 Å². The molecule has 40 heavy (non-hydrogen) atoms. The fourth-order valence-corrected chi connectivity index (χ4v) is 5.18. The van der Waals surface area contributed by atoms with Crippen LogP contribution in [0.25, 0.3) is 11.0 Å². The Bertz CT molecular complexity index is 1510. The first-order valence-electron chi connectivity index (χ1n) is 13.3. The van der Waals surface area contributed by atoms with Gasteiger partial charge in [-0.1, -0.05) is 54.8 Å². The number of amides is 2. The van der Waals surface area contributed by atoms with Crippen LogP contribution in [0.15, 0.2) is 72.8 Å². The van der Waals surface area contributed by atoms with Crippen LogP contribution in [0.5, 0.6) is 5.75 Å². The summed E-state index contributed by atoms with van der Waals surface area (Å²) in [6.07, 6.45) is 4.91. The molecule has 0 aliphatic heterocycles. The number of methoxy groups -OCH3 is 1. The topological polar surface area (TPSA) is 127 Å². The molecular formula is C30H31N5O5. The summed E-state index contributed by atoms with van der Waals surface area (Å²) in [5.41, 5.74) is 2.40. The van der Waals surface area contributed by atoms with Crippen LogP contribution in [0.2, 0.25) is 0 Å². The van der Waals surface area contributed by atoms with Crippen LogP contribution < -0.4 is 10.2 Å². The number of para-hydroxylation sites is 1. The predicted octanol–water partition coefficient (Wildman–Crippen LogP) is 4.15. The van der Waals surface area contributed by atoms with Crippen LogP contribution in [0, 0.1) is 0 Å². The van der Waals surface area contributed by atoms with Crippen LogP contribution >= 0.6 is 0 Å². The van der Waals surface area contributed by atoms with E-state index in [1.807, 2.05) is 18.2 Å². The second-order valence-electron chi connectivity index (χ2n) is 9.88. The molecule has 4 aromatic rings. The van der Waals surface area contributed by atoms with Gasteiger partial charge in [-0.05, 0) is 60.9 Å². The van der Waals surface area contributed by atoms with Gasteiger partial charge in [-0.3, -0.25) is 14.5 Å². The first kappa shape index (κ1) is 26.9. The third kappa shape index (κ3) is 5.80. The number of nitrogens with one attached hydrogen (secondary N) is 1. The number of carbonyl (C=O) groups excluding carboxylic acids is 3. The number of nitrogens with zero attached hydrogens (tertiary/aromatic N) is 4. The van der Waals surface area contributed by atoms with E-state index in [9.17, 15) is 19.5 Å². The van der Waals surface area contributed by atoms with Gasteiger partial charge >= 0.3 is 5.97 Å². The Morgan fingerprint density at radius 3 is 2.52 bits per heavy atom. The molecule has 5 rings (SSSR count). The van der Waals surface area contributed by atoms with Crippen LogP contribution in [0.1, 0.15) is 54.1 Å². The number of aromatic nitrogens is 3. The maximum Gasteiger partial charge on any atom is 0.337 e. The Labute approximate surface area is 231 Å². The fraction of sp³-hybridized carbons (Fsp3) is 0.300. The summed E-state index contributed by atoms with van der Waals surface area (Å²) in [5, 5.41) is 21.4. The summed E-state index contributed by atoms with van der Waals surface area (Å²) in [4.78, 5) is 41.9. The van der Waals surface area contributed by atoms with Gasteiger partial charge in [-0.15, -0.1) is 5.10 Å². The first-order valence-corrected chi connectivity index (χ1v) is 13.3. The zero-order valence-electron chi connectivity index (χ0n) is 22.2. The van der Waals surface area contributed by atoms with Gasteiger partial charge in [0.2, 0.25) is 11.8 Å². The van der Waals surface area contributed by atoms with Crippen molar-refractivity contribution in [1.29, 1.82) is 0 Å². The van der Waals surface area contributed by atoms with Gasteiger partial charge in [0.25, 0.3) is 0 Å². The molecule has 0 saturated heterocycles. The fourth-order valence-electron chi connectivity index (χ4n) is 5.18. The lowest BCUT2D eigenvalue weighted by Gasteiger charge is -2.33. The minimum atomic E-state index is -1.09. The van der Waals surface area contributed by atoms with Crippen molar-refractivity contribution in [1.82, 2.24) is 20.3 Å². The standard InChI is InChI=1S/C30H31N5O5/c1-40-30(39)21-8-7-11-23(18-21)35(27(37)19-34-26-13-6-5-12-25(26)32-33-34)28(20-14-16-24(36)17-15-20)29(38)31-22-9-3-2-4-10-22/h5-8,11-18,22,28,36H,2-4,9-10,19H2,1H3,(H,31,38)/t28-/m0/s1. The summed E-state index contributed by atoms with van der Waals surface area (Å²) in [7, 11) is 1.28. The van der Waals surface area contributed by atoms with Gasteiger partial charge in [-0.25, -0.2) is 9.48 Å². The third-order valence-corrected chi connectivity index (χ3v) is 7.19. The SMILES string of the molecule is COC(=O)c1cccc(N(C(=O)Cn2nnc3ccccc32)[C@H](C(=O)NC2CCCCC2)c2ccc(O)cc2)c1. The second kappa shape index (κ2) is 12.0. The molecular weight excluding hydrogens is 510 g/mol. The lowest BCUT2D eigenvalue weighted by Crippen LogP contribution is -2.48. The number of esters is 1. The van der Waals surface area contributed by atoms with Crippen LogP contribution in [-0.2, 0) is 20.9 Å². The van der Waals surface area contributed by atoms with E-state index in [4.69, 9.17) is 4.74 Å². The highest BCUT2D eigenvalue weighted by Crippen LogP contribution is 2.31. The average Bonchev–Trinajstić information content (AvgIpc) is 3.39. The van der Waals surface area contributed by atoms with Gasteiger partial charge < -0.3 is 15.2 Å². The average molecular weight is 542 g/mol. The van der Waals surface area contributed by atoms with Crippen molar-refractivity contribution in [2.45, 2.75) is 50.7 Å². The molecule has 1 saturated carbocycles. The van der Waals surface area contributed by atoms with E-state index in [0.717, 1.165) is 32.1 Å². The van der Waals surface area contributed by atoms with E-state index in [1.165, 1.54) is 34.9 Å². The normalized spacial score (nSPS) is 14.4. The van der Waals surface area contributed by atoms with Crippen molar-refractivity contribution in [2.75, 3.05) is 12.0 Å². The highest BCUT2D eigenvalue weighted by Gasteiger charge is 2.35. The zero-order chi connectivity index (χ0) is 28.1. The van der Waals surface area contributed by atoms with Gasteiger partial charge in [0.1, 0.15) is 23.9 Å². The van der Waals surface area contributed by atoms with Gasteiger partial charge in [0.05, 0.1) is 18.2 Å². The van der Waals surface area contributed by atoms with Crippen LogP contribution in [0.3, 0.4) is 0 Å². The summed E-state index contributed by atoms with van der Waals surface area (Å²) in [6.45, 7) is -0.200. The number of anilines is 1. The van der Waals surface area contributed by atoms with E-state index in [1.54, 1.807) is 36.4 Å². The molecule has 0 unspecified atom stereocenters. The largest absolute Gasteiger partial charge is 0.508 e. The number of carbonyl (C=O) groups is 3. The second-order valence-corrected chi connectivity index (χ2v) is 9.88. The molecule has 1 aromatic heterocycles. The third-order valence-electron chi connectivity index (χ3n) is 7.19. The molecule has 10 nitrogen and oxygen atoms in total. The molecule has 206 valence electrons. The predicted molar refractivity (Wildman–Crippen MR) is 149 cm³/mol. The maximum atomic E-state index is 14.2. The lowest BCUT2D eigenvalue weighted by molar-refractivity contribution is -0.127. The molecule has 1 aliphatic rings. The molecule has 0 radical (unpaired) electrons. The maximum absolute atomic E-state index is 14.2. The molecule has 0 spiro atoms. The number of aromatic hydroxyl groups is 1. The number of phenols is 1. The molecule has 10 heteroatoms. The van der Waals surface area contributed by atoms with Crippen molar-refractivity contribution in [3.05, 3.63) is 83.9 Å². The molecule has 1 atom stereocenters. The first-order chi connectivity index (χ1) is 19.4. The van der Waals surface area contributed by atoms with E-state index < -0.39 is 17.9 Å².